The van der Waals surface area contributed by atoms with E-state index in [-0.39, 0.29) is 33.7 Å². The molecule has 0 bridgehead atoms. The molecule has 0 aromatic heterocycles. The van der Waals surface area contributed by atoms with Crippen molar-refractivity contribution in [1.82, 2.24) is 0 Å². The van der Waals surface area contributed by atoms with Gasteiger partial charge in [0, 0.05) is 10.0 Å². The maximum Gasteiger partial charge on any atom is 0.339 e. The van der Waals surface area contributed by atoms with E-state index in [0.29, 0.717) is 10.6 Å². The highest BCUT2D eigenvalue weighted by molar-refractivity contribution is 7.91. The molecule has 0 fully saturated rings. The van der Waals surface area contributed by atoms with Crippen molar-refractivity contribution in [2.75, 3.05) is 11.3 Å². The van der Waals surface area contributed by atoms with Crippen LogP contribution in [0, 0.1) is 0 Å². The van der Waals surface area contributed by atoms with E-state index in [4.69, 9.17) is 39.5 Å². The molecule has 134 valence electrons. The second kappa shape index (κ2) is 8.27. The van der Waals surface area contributed by atoms with Gasteiger partial charge in [-0.05, 0) is 42.8 Å². The first-order valence-electron chi connectivity index (χ1n) is 7.13. The Morgan fingerprint density at radius 3 is 2.40 bits per heavy atom. The lowest BCUT2D eigenvalue weighted by Gasteiger charge is -2.11. The van der Waals surface area contributed by atoms with Crippen LogP contribution in [-0.2, 0) is 20.5 Å². The summed E-state index contributed by atoms with van der Waals surface area (Å²) in [5.41, 5.74) is 0.795. The molecule has 0 atom stereocenters. The van der Waals surface area contributed by atoms with Gasteiger partial charge in [-0.15, -0.1) is 0 Å². The van der Waals surface area contributed by atoms with Crippen LogP contribution in [0.2, 0.25) is 15.1 Å². The van der Waals surface area contributed by atoms with Crippen LogP contribution in [-0.4, -0.2) is 21.0 Å². The van der Waals surface area contributed by atoms with Crippen molar-refractivity contribution in [3.05, 3.63) is 62.6 Å². The summed E-state index contributed by atoms with van der Waals surface area (Å²) in [5, 5.41) is 0.761. The zero-order valence-corrected chi connectivity index (χ0v) is 16.1. The van der Waals surface area contributed by atoms with E-state index < -0.39 is 16.0 Å². The van der Waals surface area contributed by atoms with Crippen molar-refractivity contribution < 1.29 is 17.9 Å². The minimum atomic E-state index is -3.74. The fraction of sp³-hybridized carbons (Fsp3) is 0.188. The second-order valence-corrected chi connectivity index (χ2v) is 7.99. The number of halogens is 3. The Labute approximate surface area is 160 Å². The molecule has 25 heavy (non-hydrogen) atoms. The molecule has 0 radical (unpaired) electrons. The van der Waals surface area contributed by atoms with Crippen LogP contribution in [0.3, 0.4) is 0 Å². The van der Waals surface area contributed by atoms with Gasteiger partial charge in [-0.1, -0.05) is 40.9 Å². The largest absolute Gasteiger partial charge is 0.462 e. The van der Waals surface area contributed by atoms with Crippen molar-refractivity contribution in [3.8, 4) is 0 Å². The molecule has 1 N–H and O–H groups in total. The average Bonchev–Trinajstić information content (AvgIpc) is 2.50. The van der Waals surface area contributed by atoms with Crippen LogP contribution in [0.1, 0.15) is 22.8 Å². The number of nitrogens with one attached hydrogen (secondary N) is 1. The maximum atomic E-state index is 12.3. The van der Waals surface area contributed by atoms with Gasteiger partial charge >= 0.3 is 5.97 Å². The standard InChI is InChI=1S/C16H14Cl3NO4S/c1-2-24-16(21)13-6-5-12(8-15(13)19)20-25(22,23)9-10-3-4-11(17)7-14(10)18/h3-8,20H,2,9H2,1H3. The normalized spacial score (nSPS) is 11.2. The minimum absolute atomic E-state index is 0.0863. The third kappa shape index (κ3) is 5.51. The molecular formula is C16H14Cl3NO4S. The highest BCUT2D eigenvalue weighted by Crippen LogP contribution is 2.25. The summed E-state index contributed by atoms with van der Waals surface area (Å²) >= 11 is 17.8. The highest BCUT2D eigenvalue weighted by atomic mass is 35.5. The summed E-state index contributed by atoms with van der Waals surface area (Å²) in [7, 11) is -3.74. The second-order valence-electron chi connectivity index (χ2n) is 5.01. The summed E-state index contributed by atoms with van der Waals surface area (Å²) in [6.45, 7) is 1.89. The van der Waals surface area contributed by atoms with Gasteiger partial charge < -0.3 is 4.74 Å². The van der Waals surface area contributed by atoms with Gasteiger partial charge in [0.05, 0.1) is 28.6 Å². The number of anilines is 1. The number of sulfonamides is 1. The fourth-order valence-electron chi connectivity index (χ4n) is 2.01. The van der Waals surface area contributed by atoms with Crippen molar-refractivity contribution in [3.63, 3.8) is 0 Å². The van der Waals surface area contributed by atoms with Crippen molar-refractivity contribution in [1.29, 1.82) is 0 Å². The molecule has 0 saturated carbocycles. The van der Waals surface area contributed by atoms with E-state index in [1.165, 1.54) is 24.3 Å². The third-order valence-electron chi connectivity index (χ3n) is 3.10. The Bertz CT molecular complexity index is 900. The molecule has 5 nitrogen and oxygen atoms in total. The molecule has 0 heterocycles. The van der Waals surface area contributed by atoms with Gasteiger partial charge in [0.15, 0.2) is 0 Å². The summed E-state index contributed by atoms with van der Waals surface area (Å²) in [6, 6.07) is 8.74. The topological polar surface area (TPSA) is 72.5 Å². The number of carbonyl (C=O) groups is 1. The zero-order chi connectivity index (χ0) is 18.6. The monoisotopic (exact) mass is 421 g/mol. The minimum Gasteiger partial charge on any atom is -0.462 e. The smallest absolute Gasteiger partial charge is 0.339 e. The first-order chi connectivity index (χ1) is 11.7. The Hall–Kier alpha value is -1.47. The number of hydrogen-bond acceptors (Lipinski definition) is 4. The van der Waals surface area contributed by atoms with Crippen LogP contribution >= 0.6 is 34.8 Å². The van der Waals surface area contributed by atoms with Gasteiger partial charge in [-0.2, -0.15) is 0 Å². The molecule has 0 aliphatic carbocycles. The van der Waals surface area contributed by atoms with Crippen LogP contribution < -0.4 is 4.72 Å². The molecule has 2 rings (SSSR count). The zero-order valence-electron chi connectivity index (χ0n) is 13.1. The predicted octanol–water partition coefficient (Wildman–Crippen LogP) is 4.77. The Morgan fingerprint density at radius 2 is 1.80 bits per heavy atom. The number of carbonyl (C=O) groups excluding carboxylic acids is 1. The van der Waals surface area contributed by atoms with E-state index in [0.717, 1.165) is 0 Å². The quantitative estimate of drug-likeness (QED) is 0.681. The molecule has 0 amide bonds. The Balaban J connectivity index is 2.17. The molecule has 0 aliphatic rings. The van der Waals surface area contributed by atoms with E-state index >= 15 is 0 Å². The number of benzene rings is 2. The van der Waals surface area contributed by atoms with E-state index in [1.54, 1.807) is 19.1 Å². The maximum absolute atomic E-state index is 12.3. The van der Waals surface area contributed by atoms with E-state index in [9.17, 15) is 13.2 Å². The number of hydrogen-bond donors (Lipinski definition) is 1. The summed E-state index contributed by atoms with van der Waals surface area (Å²) in [4.78, 5) is 11.7. The predicted molar refractivity (Wildman–Crippen MR) is 100 cm³/mol. The van der Waals surface area contributed by atoms with E-state index in [2.05, 4.69) is 4.72 Å². The van der Waals surface area contributed by atoms with Gasteiger partial charge in [0.1, 0.15) is 0 Å². The summed E-state index contributed by atoms with van der Waals surface area (Å²) < 4.78 is 31.9. The first kappa shape index (κ1) is 19.8. The molecule has 0 spiro atoms. The average molecular weight is 423 g/mol. The van der Waals surface area contributed by atoms with Crippen LogP contribution in [0.5, 0.6) is 0 Å². The highest BCUT2D eigenvalue weighted by Gasteiger charge is 2.17. The number of ether oxygens (including phenoxy) is 1. The van der Waals surface area contributed by atoms with Crippen LogP contribution in [0.4, 0.5) is 5.69 Å². The lowest BCUT2D eigenvalue weighted by molar-refractivity contribution is 0.0526. The first-order valence-corrected chi connectivity index (χ1v) is 9.91. The van der Waals surface area contributed by atoms with Crippen molar-refractivity contribution >= 4 is 56.5 Å². The van der Waals surface area contributed by atoms with Gasteiger partial charge in [0.25, 0.3) is 0 Å². The van der Waals surface area contributed by atoms with E-state index in [1.807, 2.05) is 0 Å². The molecule has 0 saturated heterocycles. The molecule has 0 unspecified atom stereocenters. The van der Waals surface area contributed by atoms with Crippen molar-refractivity contribution in [2.24, 2.45) is 0 Å². The molecule has 2 aromatic carbocycles. The molecular weight excluding hydrogens is 409 g/mol. The molecule has 9 heteroatoms. The Morgan fingerprint density at radius 1 is 1.08 bits per heavy atom. The molecule has 2 aromatic rings. The van der Waals surface area contributed by atoms with Gasteiger partial charge in [-0.25, -0.2) is 13.2 Å². The van der Waals surface area contributed by atoms with Crippen molar-refractivity contribution in [2.45, 2.75) is 12.7 Å². The summed E-state index contributed by atoms with van der Waals surface area (Å²) in [6.07, 6.45) is 0. The lowest BCUT2D eigenvalue weighted by Crippen LogP contribution is -2.15. The van der Waals surface area contributed by atoms with Crippen LogP contribution in [0.15, 0.2) is 36.4 Å². The summed E-state index contributed by atoms with van der Waals surface area (Å²) in [5.74, 6) is -0.907. The fourth-order valence-corrected chi connectivity index (χ4v) is 4.04. The van der Waals surface area contributed by atoms with Crippen LogP contribution in [0.25, 0.3) is 0 Å². The Kier molecular flexibility index (Phi) is 6.57. The SMILES string of the molecule is CCOC(=O)c1ccc(NS(=O)(=O)Cc2ccc(Cl)cc2Cl)cc1Cl. The van der Waals surface area contributed by atoms with Gasteiger partial charge in [-0.3, -0.25) is 4.72 Å². The lowest BCUT2D eigenvalue weighted by atomic mass is 10.2. The number of esters is 1. The molecule has 0 aliphatic heterocycles. The number of rotatable bonds is 6. The third-order valence-corrected chi connectivity index (χ3v) is 5.24. The van der Waals surface area contributed by atoms with Gasteiger partial charge in [0.2, 0.25) is 10.0 Å².